The molecule has 1 heterocycles. The van der Waals surface area contributed by atoms with Gasteiger partial charge in [-0.15, -0.1) is 23.1 Å². The van der Waals surface area contributed by atoms with Crippen LogP contribution in [0.25, 0.3) is 0 Å². The van der Waals surface area contributed by atoms with Crippen molar-refractivity contribution in [2.75, 3.05) is 5.75 Å². The second-order valence-electron chi connectivity index (χ2n) is 5.84. The van der Waals surface area contributed by atoms with Gasteiger partial charge >= 0.3 is 0 Å². The lowest BCUT2D eigenvalue weighted by atomic mass is 9.77. The molecule has 0 saturated heterocycles. The molecule has 1 unspecified atom stereocenters. The maximum absolute atomic E-state index is 13.7. The average molecular weight is 329 g/mol. The van der Waals surface area contributed by atoms with E-state index in [1.54, 1.807) is 11.7 Å². The van der Waals surface area contributed by atoms with Gasteiger partial charge in [-0.2, -0.15) is 0 Å². The topological polar surface area (TPSA) is 33.1 Å². The Morgan fingerprint density at radius 2 is 2.00 bits per heavy atom. The number of nitrogens with zero attached hydrogens (tertiary/aromatic N) is 1. The van der Waals surface area contributed by atoms with Gasteiger partial charge in [0.1, 0.15) is 17.2 Å². The van der Waals surface area contributed by atoms with Gasteiger partial charge in [-0.25, -0.2) is 8.78 Å². The van der Waals surface area contributed by atoms with Gasteiger partial charge < -0.3 is 5.11 Å². The van der Waals surface area contributed by atoms with Crippen LogP contribution in [0.2, 0.25) is 0 Å². The minimum absolute atomic E-state index is 0.265. The number of hydrogen-bond donors (Lipinski definition) is 1. The lowest BCUT2D eigenvalue weighted by molar-refractivity contribution is -0.0392. The van der Waals surface area contributed by atoms with Gasteiger partial charge in [-0.05, 0) is 17.5 Å². The number of thiazole rings is 1. The van der Waals surface area contributed by atoms with Crippen LogP contribution < -0.4 is 0 Å². The summed E-state index contributed by atoms with van der Waals surface area (Å²) in [6.07, 6.45) is 1.64. The molecule has 2 nitrogen and oxygen atoms in total. The number of benzene rings is 1. The van der Waals surface area contributed by atoms with E-state index in [9.17, 15) is 13.9 Å². The SMILES string of the molecule is CC(C)(C)C(O)(CSc1ccc(F)cc1F)c1cncs1. The van der Waals surface area contributed by atoms with Crippen molar-refractivity contribution < 1.29 is 13.9 Å². The predicted octanol–water partition coefficient (Wildman–Crippen LogP) is 4.45. The zero-order valence-corrected chi connectivity index (χ0v) is 13.7. The second kappa shape index (κ2) is 6.02. The molecule has 0 aliphatic rings. The Hall–Kier alpha value is -0.980. The predicted molar refractivity (Wildman–Crippen MR) is 82.5 cm³/mol. The molecule has 0 aliphatic heterocycles. The quantitative estimate of drug-likeness (QED) is 0.842. The summed E-state index contributed by atoms with van der Waals surface area (Å²) >= 11 is 2.55. The first-order chi connectivity index (χ1) is 9.74. The lowest BCUT2D eigenvalue weighted by Crippen LogP contribution is -2.41. The van der Waals surface area contributed by atoms with Crippen LogP contribution in [0.5, 0.6) is 0 Å². The molecule has 0 aliphatic carbocycles. The molecule has 21 heavy (non-hydrogen) atoms. The Morgan fingerprint density at radius 1 is 1.29 bits per heavy atom. The molecule has 0 fully saturated rings. The first-order valence-corrected chi connectivity index (χ1v) is 8.30. The van der Waals surface area contributed by atoms with Crippen molar-refractivity contribution in [3.63, 3.8) is 0 Å². The van der Waals surface area contributed by atoms with Crippen LogP contribution in [0.1, 0.15) is 25.6 Å². The molecule has 2 rings (SSSR count). The van der Waals surface area contributed by atoms with Crippen molar-refractivity contribution in [3.8, 4) is 0 Å². The highest BCUT2D eigenvalue weighted by Crippen LogP contribution is 2.44. The monoisotopic (exact) mass is 329 g/mol. The van der Waals surface area contributed by atoms with E-state index >= 15 is 0 Å². The second-order valence-corrected chi connectivity index (χ2v) is 7.74. The Labute approximate surface area is 131 Å². The molecule has 0 amide bonds. The van der Waals surface area contributed by atoms with Crippen LogP contribution in [0.4, 0.5) is 8.78 Å². The van der Waals surface area contributed by atoms with Gasteiger partial charge in [0.25, 0.3) is 0 Å². The summed E-state index contributed by atoms with van der Waals surface area (Å²) < 4.78 is 26.6. The van der Waals surface area contributed by atoms with Gasteiger partial charge in [0.05, 0.1) is 10.4 Å². The third kappa shape index (κ3) is 3.44. The third-order valence-corrected chi connectivity index (χ3v) is 5.54. The van der Waals surface area contributed by atoms with Crippen molar-refractivity contribution in [1.29, 1.82) is 0 Å². The fourth-order valence-corrected chi connectivity index (χ4v) is 4.19. The van der Waals surface area contributed by atoms with Crippen LogP contribution >= 0.6 is 23.1 Å². The van der Waals surface area contributed by atoms with Crippen LogP contribution in [0.3, 0.4) is 0 Å². The maximum Gasteiger partial charge on any atom is 0.139 e. The molecule has 6 heteroatoms. The molecule has 1 aromatic carbocycles. The van der Waals surface area contributed by atoms with Gasteiger partial charge in [0.15, 0.2) is 0 Å². The van der Waals surface area contributed by atoms with Crippen molar-refractivity contribution in [2.24, 2.45) is 5.41 Å². The molecule has 0 spiro atoms. The first kappa shape index (κ1) is 16.4. The molecular formula is C15H17F2NOS2. The normalized spacial score (nSPS) is 15.0. The van der Waals surface area contributed by atoms with E-state index in [1.807, 2.05) is 20.8 Å². The van der Waals surface area contributed by atoms with Gasteiger partial charge in [-0.1, -0.05) is 20.8 Å². The molecule has 1 aromatic heterocycles. The number of rotatable bonds is 4. The number of aliphatic hydroxyl groups is 1. The van der Waals surface area contributed by atoms with E-state index in [2.05, 4.69) is 4.98 Å². The molecule has 114 valence electrons. The van der Waals surface area contributed by atoms with Crippen molar-refractivity contribution in [2.45, 2.75) is 31.3 Å². The van der Waals surface area contributed by atoms with E-state index in [0.717, 1.165) is 10.9 Å². The van der Waals surface area contributed by atoms with Gasteiger partial charge in [0, 0.05) is 22.9 Å². The summed E-state index contributed by atoms with van der Waals surface area (Å²) in [5.41, 5.74) is 0.0812. The van der Waals surface area contributed by atoms with E-state index in [-0.39, 0.29) is 5.75 Å². The van der Waals surface area contributed by atoms with Crippen LogP contribution in [0.15, 0.2) is 34.8 Å². The molecule has 0 saturated carbocycles. The molecule has 1 atom stereocenters. The molecule has 0 bridgehead atoms. The van der Waals surface area contributed by atoms with E-state index in [0.29, 0.717) is 4.90 Å². The van der Waals surface area contributed by atoms with Gasteiger partial charge in [-0.3, -0.25) is 4.98 Å². The first-order valence-electron chi connectivity index (χ1n) is 6.43. The molecule has 2 aromatic rings. The zero-order chi connectivity index (χ0) is 15.7. The molecule has 0 radical (unpaired) electrons. The van der Waals surface area contributed by atoms with E-state index in [1.165, 1.54) is 35.2 Å². The minimum Gasteiger partial charge on any atom is -0.383 e. The van der Waals surface area contributed by atoms with Crippen LogP contribution in [-0.2, 0) is 5.60 Å². The van der Waals surface area contributed by atoms with Crippen LogP contribution in [-0.4, -0.2) is 15.8 Å². The number of thioether (sulfide) groups is 1. The van der Waals surface area contributed by atoms with E-state index in [4.69, 9.17) is 0 Å². The lowest BCUT2D eigenvalue weighted by Gasteiger charge is -2.39. The third-order valence-electron chi connectivity index (χ3n) is 3.41. The zero-order valence-electron chi connectivity index (χ0n) is 12.1. The Balaban J connectivity index is 2.25. The number of hydrogen-bond acceptors (Lipinski definition) is 4. The minimum atomic E-state index is -1.14. The van der Waals surface area contributed by atoms with Crippen molar-refractivity contribution in [3.05, 3.63) is 46.4 Å². The summed E-state index contributed by atoms with van der Waals surface area (Å²) in [5.74, 6) is -0.952. The van der Waals surface area contributed by atoms with E-state index < -0.39 is 22.7 Å². The Kier molecular flexibility index (Phi) is 4.70. The summed E-state index contributed by atoms with van der Waals surface area (Å²) in [6, 6.07) is 3.46. The fourth-order valence-electron chi connectivity index (χ4n) is 1.85. The highest BCUT2D eigenvalue weighted by atomic mass is 32.2. The summed E-state index contributed by atoms with van der Waals surface area (Å²) in [7, 11) is 0. The van der Waals surface area contributed by atoms with Gasteiger partial charge in [0.2, 0.25) is 0 Å². The highest BCUT2D eigenvalue weighted by Gasteiger charge is 2.43. The van der Waals surface area contributed by atoms with Crippen LogP contribution in [0, 0.1) is 17.0 Å². The standard InChI is InChI=1S/C15H17F2NOS2/c1-14(2,3)15(19,13-7-18-9-21-13)8-20-12-5-4-10(16)6-11(12)17/h4-7,9,19H,8H2,1-3H3. The smallest absolute Gasteiger partial charge is 0.139 e. The molecule has 1 N–H and O–H groups in total. The molecular weight excluding hydrogens is 312 g/mol. The summed E-state index contributed by atoms with van der Waals surface area (Å²) in [6.45, 7) is 5.77. The Morgan fingerprint density at radius 3 is 2.52 bits per heavy atom. The number of halogens is 2. The van der Waals surface area contributed by atoms with Crippen molar-refractivity contribution >= 4 is 23.1 Å². The highest BCUT2D eigenvalue weighted by molar-refractivity contribution is 7.99. The summed E-state index contributed by atoms with van der Waals surface area (Å²) in [4.78, 5) is 5.08. The largest absolute Gasteiger partial charge is 0.383 e. The fraction of sp³-hybridized carbons (Fsp3) is 0.400. The maximum atomic E-state index is 13.7. The number of aromatic nitrogens is 1. The average Bonchev–Trinajstić information content (AvgIpc) is 2.90. The van der Waals surface area contributed by atoms with Crippen molar-refractivity contribution in [1.82, 2.24) is 4.98 Å². The summed E-state index contributed by atoms with van der Waals surface area (Å²) in [5, 5.41) is 11.1. The Bertz CT molecular complexity index is 611.